The molecule has 102 valence electrons. The summed E-state index contributed by atoms with van der Waals surface area (Å²) in [6.07, 6.45) is 0.926. The normalized spacial score (nSPS) is 10.9. The predicted octanol–water partition coefficient (Wildman–Crippen LogP) is 2.81. The first-order valence-electron chi connectivity index (χ1n) is 6.69. The van der Waals surface area contributed by atoms with E-state index in [0.717, 1.165) is 31.9 Å². The third kappa shape index (κ3) is 6.03. The van der Waals surface area contributed by atoms with Crippen molar-refractivity contribution in [3.05, 3.63) is 29.8 Å². The van der Waals surface area contributed by atoms with E-state index >= 15 is 0 Å². The van der Waals surface area contributed by atoms with Gasteiger partial charge in [-0.15, -0.1) is 0 Å². The van der Waals surface area contributed by atoms with Crippen molar-refractivity contribution in [3.8, 4) is 5.75 Å². The third-order valence-electron chi connectivity index (χ3n) is 2.72. The van der Waals surface area contributed by atoms with E-state index in [2.05, 4.69) is 31.3 Å². The minimum Gasteiger partial charge on any atom is -0.493 e. The second-order valence-corrected chi connectivity index (χ2v) is 4.65. The van der Waals surface area contributed by atoms with Crippen LogP contribution in [-0.4, -0.2) is 33.4 Å². The van der Waals surface area contributed by atoms with Crippen LogP contribution in [0, 0.1) is 0 Å². The minimum absolute atomic E-state index is 0.540. The molecule has 0 amide bonds. The average molecular weight is 251 g/mol. The summed E-state index contributed by atoms with van der Waals surface area (Å²) in [5.74, 6) is 1.50. The molecule has 18 heavy (non-hydrogen) atoms. The van der Waals surface area contributed by atoms with Crippen LogP contribution < -0.4 is 10.1 Å². The lowest BCUT2D eigenvalue weighted by molar-refractivity contribution is 0.122. The zero-order chi connectivity index (χ0) is 13.2. The summed E-state index contributed by atoms with van der Waals surface area (Å²) in [5, 5.41) is 3.04. The summed E-state index contributed by atoms with van der Waals surface area (Å²) in [6, 6.07) is 8.31. The Labute approximate surface area is 110 Å². The van der Waals surface area contributed by atoms with Gasteiger partial charge >= 0.3 is 0 Å². The Bertz CT molecular complexity index is 326. The minimum atomic E-state index is 0.540. The maximum atomic E-state index is 5.71. The zero-order valence-electron chi connectivity index (χ0n) is 11.7. The van der Waals surface area contributed by atoms with Gasteiger partial charge in [0.05, 0.1) is 13.2 Å². The van der Waals surface area contributed by atoms with Crippen LogP contribution >= 0.6 is 0 Å². The van der Waals surface area contributed by atoms with Crippen LogP contribution in [0.2, 0.25) is 0 Å². The molecule has 0 heterocycles. The van der Waals surface area contributed by atoms with Crippen LogP contribution in [-0.2, 0) is 4.74 Å². The predicted molar refractivity (Wildman–Crippen MR) is 75.4 cm³/mol. The molecule has 1 N–H and O–H groups in total. The van der Waals surface area contributed by atoms with Gasteiger partial charge in [-0.2, -0.15) is 0 Å². The highest BCUT2D eigenvalue weighted by molar-refractivity contribution is 5.30. The number of nitrogens with one attached hydrogen (secondary N) is 1. The first-order chi connectivity index (χ1) is 8.74. The van der Waals surface area contributed by atoms with E-state index in [0.29, 0.717) is 12.5 Å². The standard InChI is InChI=1S/C15H25NO2/c1-13(2)14-6-4-7-15(12-14)18-10-5-9-17-11-8-16-3/h4,6-7,12-13,16H,5,8-11H2,1-3H3. The van der Waals surface area contributed by atoms with Crippen LogP contribution in [0.5, 0.6) is 5.75 Å². The molecule has 0 unspecified atom stereocenters. The van der Waals surface area contributed by atoms with Gasteiger partial charge in [0.25, 0.3) is 0 Å². The van der Waals surface area contributed by atoms with E-state index < -0.39 is 0 Å². The van der Waals surface area contributed by atoms with Crippen LogP contribution in [0.15, 0.2) is 24.3 Å². The van der Waals surface area contributed by atoms with Gasteiger partial charge in [-0.1, -0.05) is 26.0 Å². The number of hydrogen-bond donors (Lipinski definition) is 1. The molecule has 1 aromatic rings. The Balaban J connectivity index is 2.17. The summed E-state index contributed by atoms with van der Waals surface area (Å²) in [5.41, 5.74) is 1.32. The molecule has 0 fully saturated rings. The lowest BCUT2D eigenvalue weighted by atomic mass is 10.0. The quantitative estimate of drug-likeness (QED) is 0.685. The third-order valence-corrected chi connectivity index (χ3v) is 2.72. The van der Waals surface area contributed by atoms with Crippen molar-refractivity contribution in [3.63, 3.8) is 0 Å². The van der Waals surface area contributed by atoms with Crippen molar-refractivity contribution in [1.82, 2.24) is 5.32 Å². The van der Waals surface area contributed by atoms with E-state index in [9.17, 15) is 0 Å². The number of likely N-dealkylation sites (N-methyl/N-ethyl adjacent to an activating group) is 1. The van der Waals surface area contributed by atoms with E-state index in [1.807, 2.05) is 19.2 Å². The number of hydrogen-bond acceptors (Lipinski definition) is 3. The lowest BCUT2D eigenvalue weighted by Gasteiger charge is -2.10. The highest BCUT2D eigenvalue weighted by Gasteiger charge is 2.00. The monoisotopic (exact) mass is 251 g/mol. The fourth-order valence-electron chi connectivity index (χ4n) is 1.59. The fourth-order valence-corrected chi connectivity index (χ4v) is 1.59. The second kappa shape index (κ2) is 8.95. The molecule has 0 spiro atoms. The van der Waals surface area contributed by atoms with E-state index in [4.69, 9.17) is 9.47 Å². The Morgan fingerprint density at radius 2 is 2.00 bits per heavy atom. The van der Waals surface area contributed by atoms with E-state index in [1.54, 1.807) is 0 Å². The highest BCUT2D eigenvalue weighted by atomic mass is 16.5. The maximum Gasteiger partial charge on any atom is 0.119 e. The number of ether oxygens (including phenoxy) is 2. The van der Waals surface area contributed by atoms with Gasteiger partial charge in [0, 0.05) is 19.6 Å². The molecule has 0 saturated carbocycles. The van der Waals surface area contributed by atoms with E-state index in [1.165, 1.54) is 5.56 Å². The summed E-state index contributed by atoms with van der Waals surface area (Å²) >= 11 is 0. The molecule has 3 heteroatoms. The number of benzene rings is 1. The number of rotatable bonds is 9. The van der Waals surface area contributed by atoms with Crippen LogP contribution in [0.3, 0.4) is 0 Å². The van der Waals surface area contributed by atoms with Crippen LogP contribution in [0.4, 0.5) is 0 Å². The second-order valence-electron chi connectivity index (χ2n) is 4.65. The largest absolute Gasteiger partial charge is 0.493 e. The lowest BCUT2D eigenvalue weighted by Crippen LogP contribution is -2.15. The Morgan fingerprint density at radius 1 is 1.17 bits per heavy atom. The molecule has 1 aromatic carbocycles. The van der Waals surface area contributed by atoms with Gasteiger partial charge in [0.1, 0.15) is 5.75 Å². The molecule has 0 atom stereocenters. The molecule has 0 aromatic heterocycles. The van der Waals surface area contributed by atoms with Crippen molar-refractivity contribution >= 4 is 0 Å². The molecule has 0 aliphatic heterocycles. The van der Waals surface area contributed by atoms with E-state index in [-0.39, 0.29) is 0 Å². The van der Waals surface area contributed by atoms with Crippen LogP contribution in [0.1, 0.15) is 31.7 Å². The molecule has 0 aliphatic carbocycles. The van der Waals surface area contributed by atoms with Gasteiger partial charge in [0.2, 0.25) is 0 Å². The topological polar surface area (TPSA) is 30.5 Å². The van der Waals surface area contributed by atoms with Crippen molar-refractivity contribution < 1.29 is 9.47 Å². The highest BCUT2D eigenvalue weighted by Crippen LogP contribution is 2.20. The molecule has 1 rings (SSSR count). The van der Waals surface area contributed by atoms with Crippen molar-refractivity contribution in [2.24, 2.45) is 0 Å². The fraction of sp³-hybridized carbons (Fsp3) is 0.600. The summed E-state index contributed by atoms with van der Waals surface area (Å²) in [7, 11) is 1.92. The van der Waals surface area contributed by atoms with Crippen LogP contribution in [0.25, 0.3) is 0 Å². The van der Waals surface area contributed by atoms with Crippen molar-refractivity contribution in [2.45, 2.75) is 26.2 Å². The molecule has 3 nitrogen and oxygen atoms in total. The summed E-state index contributed by atoms with van der Waals surface area (Å²) in [4.78, 5) is 0. The smallest absolute Gasteiger partial charge is 0.119 e. The van der Waals surface area contributed by atoms with Crippen molar-refractivity contribution in [2.75, 3.05) is 33.4 Å². The summed E-state index contributed by atoms with van der Waals surface area (Å²) < 4.78 is 11.1. The van der Waals surface area contributed by atoms with Gasteiger partial charge in [-0.3, -0.25) is 0 Å². The van der Waals surface area contributed by atoms with Gasteiger partial charge in [-0.25, -0.2) is 0 Å². The molecular formula is C15H25NO2. The molecule has 0 saturated heterocycles. The zero-order valence-corrected chi connectivity index (χ0v) is 11.7. The molecule has 0 bridgehead atoms. The first-order valence-corrected chi connectivity index (χ1v) is 6.69. The Hall–Kier alpha value is -1.06. The Kier molecular flexibility index (Phi) is 7.46. The Morgan fingerprint density at radius 3 is 2.72 bits per heavy atom. The van der Waals surface area contributed by atoms with Gasteiger partial charge in [-0.05, 0) is 30.7 Å². The SMILES string of the molecule is CNCCOCCCOc1cccc(C(C)C)c1. The first kappa shape index (κ1) is 15.0. The van der Waals surface area contributed by atoms with Gasteiger partial charge in [0.15, 0.2) is 0 Å². The average Bonchev–Trinajstić information content (AvgIpc) is 2.38. The van der Waals surface area contributed by atoms with Crippen molar-refractivity contribution in [1.29, 1.82) is 0 Å². The molecule has 0 radical (unpaired) electrons. The molecular weight excluding hydrogens is 226 g/mol. The maximum absolute atomic E-state index is 5.71. The molecule has 0 aliphatic rings. The summed E-state index contributed by atoms with van der Waals surface area (Å²) in [6.45, 7) is 7.51. The van der Waals surface area contributed by atoms with Gasteiger partial charge < -0.3 is 14.8 Å².